The molecule has 1 heterocycles. The SMILES string of the molecule is NCC(c1ccc(Cl)cc1)C1CCCOC1. The maximum atomic E-state index is 5.89. The molecule has 1 aromatic rings. The largest absolute Gasteiger partial charge is 0.381 e. The average molecular weight is 240 g/mol. The normalized spacial score (nSPS) is 23.0. The van der Waals surface area contributed by atoms with Crippen LogP contribution in [0.5, 0.6) is 0 Å². The van der Waals surface area contributed by atoms with Gasteiger partial charge < -0.3 is 10.5 Å². The zero-order valence-corrected chi connectivity index (χ0v) is 10.1. The van der Waals surface area contributed by atoms with Crippen LogP contribution in [0.4, 0.5) is 0 Å². The number of nitrogens with two attached hydrogens (primary N) is 1. The lowest BCUT2D eigenvalue weighted by Crippen LogP contribution is -2.28. The van der Waals surface area contributed by atoms with E-state index in [0.29, 0.717) is 18.4 Å². The minimum Gasteiger partial charge on any atom is -0.381 e. The van der Waals surface area contributed by atoms with Crippen LogP contribution in [0.25, 0.3) is 0 Å². The molecule has 16 heavy (non-hydrogen) atoms. The molecule has 0 amide bonds. The third-order valence-electron chi connectivity index (χ3n) is 3.32. The van der Waals surface area contributed by atoms with Crippen molar-refractivity contribution in [2.24, 2.45) is 11.7 Å². The van der Waals surface area contributed by atoms with Gasteiger partial charge in [-0.3, -0.25) is 0 Å². The minimum absolute atomic E-state index is 0.401. The van der Waals surface area contributed by atoms with Crippen LogP contribution >= 0.6 is 11.6 Å². The standard InChI is InChI=1S/C13H18ClNO/c14-12-5-3-10(4-6-12)13(8-15)11-2-1-7-16-9-11/h3-6,11,13H,1-2,7-9,15H2. The Balaban J connectivity index is 2.11. The molecular formula is C13H18ClNO. The highest BCUT2D eigenvalue weighted by Crippen LogP contribution is 2.30. The summed E-state index contributed by atoms with van der Waals surface area (Å²) in [5, 5.41) is 0.777. The lowest BCUT2D eigenvalue weighted by atomic mass is 9.83. The molecular weight excluding hydrogens is 222 g/mol. The molecule has 0 bridgehead atoms. The van der Waals surface area contributed by atoms with Gasteiger partial charge in [-0.1, -0.05) is 23.7 Å². The van der Waals surface area contributed by atoms with Crippen LogP contribution in [0.15, 0.2) is 24.3 Å². The molecule has 2 unspecified atom stereocenters. The number of benzene rings is 1. The van der Waals surface area contributed by atoms with Crippen molar-refractivity contribution in [1.29, 1.82) is 0 Å². The number of ether oxygens (including phenoxy) is 1. The predicted octanol–water partition coefficient (Wildman–Crippen LogP) is 2.81. The van der Waals surface area contributed by atoms with Crippen LogP contribution in [0.3, 0.4) is 0 Å². The predicted molar refractivity (Wildman–Crippen MR) is 66.8 cm³/mol. The van der Waals surface area contributed by atoms with Gasteiger partial charge in [0.2, 0.25) is 0 Å². The van der Waals surface area contributed by atoms with Gasteiger partial charge in [0.25, 0.3) is 0 Å². The third kappa shape index (κ3) is 2.76. The molecule has 0 radical (unpaired) electrons. The summed E-state index contributed by atoms with van der Waals surface area (Å²) in [6.07, 6.45) is 2.36. The number of hydrogen-bond acceptors (Lipinski definition) is 2. The Morgan fingerprint density at radius 3 is 2.69 bits per heavy atom. The summed E-state index contributed by atoms with van der Waals surface area (Å²) in [4.78, 5) is 0. The molecule has 1 aromatic carbocycles. The van der Waals surface area contributed by atoms with Crippen LogP contribution in [0.1, 0.15) is 24.3 Å². The highest BCUT2D eigenvalue weighted by molar-refractivity contribution is 6.30. The third-order valence-corrected chi connectivity index (χ3v) is 3.57. The van der Waals surface area contributed by atoms with Crippen LogP contribution < -0.4 is 5.73 Å². The van der Waals surface area contributed by atoms with Gasteiger partial charge in [0.1, 0.15) is 0 Å². The van der Waals surface area contributed by atoms with E-state index >= 15 is 0 Å². The molecule has 1 saturated heterocycles. The first-order chi connectivity index (χ1) is 7.81. The van der Waals surface area contributed by atoms with E-state index in [1.807, 2.05) is 12.1 Å². The van der Waals surface area contributed by atoms with E-state index in [2.05, 4.69) is 12.1 Å². The average Bonchev–Trinajstić information content (AvgIpc) is 2.34. The Kier molecular flexibility index (Phi) is 4.22. The van der Waals surface area contributed by atoms with E-state index in [1.165, 1.54) is 12.0 Å². The van der Waals surface area contributed by atoms with Gasteiger partial charge >= 0.3 is 0 Å². The van der Waals surface area contributed by atoms with E-state index in [-0.39, 0.29) is 0 Å². The molecule has 88 valence electrons. The van der Waals surface area contributed by atoms with Crippen LogP contribution in [0.2, 0.25) is 5.02 Å². The van der Waals surface area contributed by atoms with Crippen molar-refractivity contribution in [3.05, 3.63) is 34.9 Å². The molecule has 0 aromatic heterocycles. The van der Waals surface area contributed by atoms with Gasteiger partial charge in [-0.05, 0) is 43.0 Å². The molecule has 2 nitrogen and oxygen atoms in total. The van der Waals surface area contributed by atoms with E-state index in [1.54, 1.807) is 0 Å². The second-order valence-corrected chi connectivity index (χ2v) is 4.81. The summed E-state index contributed by atoms with van der Waals surface area (Å²) < 4.78 is 5.53. The molecule has 1 aliphatic heterocycles. The number of halogens is 1. The zero-order valence-electron chi connectivity index (χ0n) is 9.36. The van der Waals surface area contributed by atoms with Crippen LogP contribution in [0, 0.1) is 5.92 Å². The summed E-state index contributed by atoms with van der Waals surface area (Å²) in [6.45, 7) is 2.41. The summed E-state index contributed by atoms with van der Waals surface area (Å²) >= 11 is 5.89. The minimum atomic E-state index is 0.401. The smallest absolute Gasteiger partial charge is 0.0500 e. The molecule has 1 fully saturated rings. The molecule has 0 aliphatic carbocycles. The molecule has 2 rings (SSSR count). The van der Waals surface area contributed by atoms with E-state index < -0.39 is 0 Å². The van der Waals surface area contributed by atoms with Gasteiger partial charge in [0, 0.05) is 17.5 Å². The highest BCUT2D eigenvalue weighted by Gasteiger charge is 2.24. The Bertz CT molecular complexity index is 319. The van der Waals surface area contributed by atoms with E-state index in [4.69, 9.17) is 22.1 Å². The first kappa shape index (κ1) is 11.9. The lowest BCUT2D eigenvalue weighted by molar-refractivity contribution is 0.0450. The summed E-state index contributed by atoms with van der Waals surface area (Å²) in [7, 11) is 0. The summed E-state index contributed by atoms with van der Waals surface area (Å²) in [5.74, 6) is 0.956. The molecule has 0 saturated carbocycles. The quantitative estimate of drug-likeness (QED) is 0.881. The fourth-order valence-corrected chi connectivity index (χ4v) is 2.52. The van der Waals surface area contributed by atoms with Crippen LogP contribution in [-0.2, 0) is 4.74 Å². The van der Waals surface area contributed by atoms with Crippen molar-refractivity contribution in [2.75, 3.05) is 19.8 Å². The molecule has 1 aliphatic rings. The first-order valence-electron chi connectivity index (χ1n) is 5.84. The fourth-order valence-electron chi connectivity index (χ4n) is 2.39. The Labute approximate surface area is 102 Å². The summed E-state index contributed by atoms with van der Waals surface area (Å²) in [6, 6.07) is 8.02. The monoisotopic (exact) mass is 239 g/mol. The zero-order chi connectivity index (χ0) is 11.4. The number of hydrogen-bond donors (Lipinski definition) is 1. The Hall–Kier alpha value is -0.570. The second-order valence-electron chi connectivity index (χ2n) is 4.37. The number of rotatable bonds is 3. The summed E-state index contributed by atoms with van der Waals surface area (Å²) in [5.41, 5.74) is 7.17. The van der Waals surface area contributed by atoms with Crippen molar-refractivity contribution in [2.45, 2.75) is 18.8 Å². The van der Waals surface area contributed by atoms with Gasteiger partial charge in [-0.2, -0.15) is 0 Å². The molecule has 2 N–H and O–H groups in total. The maximum Gasteiger partial charge on any atom is 0.0500 e. The molecule has 0 spiro atoms. The van der Waals surface area contributed by atoms with Gasteiger partial charge in [-0.15, -0.1) is 0 Å². The lowest BCUT2D eigenvalue weighted by Gasteiger charge is -2.29. The van der Waals surface area contributed by atoms with E-state index in [9.17, 15) is 0 Å². The van der Waals surface area contributed by atoms with Gasteiger partial charge in [-0.25, -0.2) is 0 Å². The molecule has 2 atom stereocenters. The van der Waals surface area contributed by atoms with Crippen molar-refractivity contribution < 1.29 is 4.74 Å². The van der Waals surface area contributed by atoms with Crippen molar-refractivity contribution in [3.63, 3.8) is 0 Å². The molecule has 3 heteroatoms. The van der Waals surface area contributed by atoms with Crippen molar-refractivity contribution in [3.8, 4) is 0 Å². The Morgan fingerprint density at radius 2 is 2.12 bits per heavy atom. The second kappa shape index (κ2) is 5.67. The maximum absolute atomic E-state index is 5.89. The van der Waals surface area contributed by atoms with Gasteiger partial charge in [0.15, 0.2) is 0 Å². The Morgan fingerprint density at radius 1 is 1.38 bits per heavy atom. The van der Waals surface area contributed by atoms with E-state index in [0.717, 1.165) is 24.7 Å². The topological polar surface area (TPSA) is 35.2 Å². The van der Waals surface area contributed by atoms with Crippen molar-refractivity contribution >= 4 is 11.6 Å². The highest BCUT2D eigenvalue weighted by atomic mass is 35.5. The van der Waals surface area contributed by atoms with Crippen LogP contribution in [-0.4, -0.2) is 19.8 Å². The van der Waals surface area contributed by atoms with Gasteiger partial charge in [0.05, 0.1) is 6.61 Å². The van der Waals surface area contributed by atoms with Crippen molar-refractivity contribution in [1.82, 2.24) is 0 Å². The first-order valence-corrected chi connectivity index (χ1v) is 6.22. The fraction of sp³-hybridized carbons (Fsp3) is 0.538.